The predicted molar refractivity (Wildman–Crippen MR) is 124 cm³/mol. The van der Waals surface area contributed by atoms with E-state index in [4.69, 9.17) is 18.6 Å². The summed E-state index contributed by atoms with van der Waals surface area (Å²) >= 11 is 0. The van der Waals surface area contributed by atoms with Crippen molar-refractivity contribution in [2.24, 2.45) is 0 Å². The maximum Gasteiger partial charge on any atom is 0.310 e. The molecule has 0 amide bonds. The third-order valence-corrected chi connectivity index (χ3v) is 5.12. The number of aromatic nitrogens is 1. The number of nitrogens with zero attached hydrogens (tertiary/aromatic N) is 1. The Bertz CT molecular complexity index is 1220. The average molecular weight is 443 g/mol. The smallest absolute Gasteiger partial charge is 0.310 e. The lowest BCUT2D eigenvalue weighted by Gasteiger charge is -2.12. The van der Waals surface area contributed by atoms with E-state index in [1.807, 2.05) is 85.8 Å². The molecule has 1 aromatic heterocycles. The van der Waals surface area contributed by atoms with Crippen molar-refractivity contribution in [1.82, 2.24) is 4.98 Å². The van der Waals surface area contributed by atoms with Crippen LogP contribution in [0.5, 0.6) is 11.5 Å². The minimum atomic E-state index is -0.306. The number of oxazole rings is 1. The number of methoxy groups -OCH3 is 1. The molecule has 33 heavy (non-hydrogen) atoms. The Morgan fingerprint density at radius 1 is 0.909 bits per heavy atom. The van der Waals surface area contributed by atoms with Crippen molar-refractivity contribution in [3.8, 4) is 23.0 Å². The molecule has 3 aromatic carbocycles. The number of rotatable bonds is 9. The maximum absolute atomic E-state index is 11.6. The first-order valence-corrected chi connectivity index (χ1v) is 10.6. The number of hydrogen-bond acceptors (Lipinski definition) is 6. The Hall–Kier alpha value is -4.06. The van der Waals surface area contributed by atoms with Crippen molar-refractivity contribution in [1.29, 1.82) is 0 Å². The quantitative estimate of drug-likeness (QED) is 0.317. The zero-order chi connectivity index (χ0) is 23.0. The van der Waals surface area contributed by atoms with Crippen LogP contribution < -0.4 is 9.47 Å². The zero-order valence-electron chi connectivity index (χ0n) is 18.6. The molecule has 4 rings (SSSR count). The summed E-state index contributed by atoms with van der Waals surface area (Å²) in [6.45, 7) is 2.53. The third-order valence-electron chi connectivity index (χ3n) is 5.12. The van der Waals surface area contributed by atoms with Gasteiger partial charge in [0.1, 0.15) is 36.2 Å². The van der Waals surface area contributed by atoms with Crippen LogP contribution in [0.1, 0.15) is 22.6 Å². The highest BCUT2D eigenvalue weighted by atomic mass is 16.5. The van der Waals surface area contributed by atoms with Crippen LogP contribution in [-0.2, 0) is 29.2 Å². The fourth-order valence-electron chi connectivity index (χ4n) is 3.32. The van der Waals surface area contributed by atoms with Gasteiger partial charge in [-0.1, -0.05) is 48.5 Å². The number of carbonyl (C=O) groups is 1. The molecule has 0 bridgehead atoms. The van der Waals surface area contributed by atoms with Crippen LogP contribution >= 0.6 is 0 Å². The summed E-state index contributed by atoms with van der Waals surface area (Å²) in [5, 5.41) is 0. The molecule has 0 fully saturated rings. The molecule has 0 saturated carbocycles. The predicted octanol–water partition coefficient (Wildman–Crippen LogP) is 5.52. The summed E-state index contributed by atoms with van der Waals surface area (Å²) in [6.07, 6.45) is 0.165. The van der Waals surface area contributed by atoms with Gasteiger partial charge in [-0.25, -0.2) is 4.98 Å². The van der Waals surface area contributed by atoms with E-state index in [2.05, 4.69) is 4.98 Å². The maximum atomic E-state index is 11.6. The van der Waals surface area contributed by atoms with Gasteiger partial charge in [0.15, 0.2) is 0 Å². The number of esters is 1. The molecule has 0 aliphatic carbocycles. The molecule has 6 heteroatoms. The Labute approximate surface area is 192 Å². The summed E-state index contributed by atoms with van der Waals surface area (Å²) < 4.78 is 22.5. The number of carbonyl (C=O) groups excluding carboxylic acids is 1. The Kier molecular flexibility index (Phi) is 7.05. The van der Waals surface area contributed by atoms with Gasteiger partial charge in [-0.15, -0.1) is 0 Å². The van der Waals surface area contributed by atoms with Crippen LogP contribution in [-0.4, -0.2) is 18.1 Å². The second kappa shape index (κ2) is 10.5. The van der Waals surface area contributed by atoms with Crippen molar-refractivity contribution < 1.29 is 23.4 Å². The highest BCUT2D eigenvalue weighted by Gasteiger charge is 2.12. The van der Waals surface area contributed by atoms with E-state index in [0.717, 1.165) is 28.1 Å². The van der Waals surface area contributed by atoms with Gasteiger partial charge in [0.25, 0.3) is 0 Å². The van der Waals surface area contributed by atoms with Gasteiger partial charge < -0.3 is 18.6 Å². The first kappa shape index (κ1) is 22.1. The molecule has 0 unspecified atom stereocenters. The lowest BCUT2D eigenvalue weighted by Crippen LogP contribution is -2.07. The minimum Gasteiger partial charge on any atom is -0.489 e. The molecule has 0 radical (unpaired) electrons. The molecule has 4 aromatic rings. The van der Waals surface area contributed by atoms with Crippen LogP contribution in [0, 0.1) is 6.92 Å². The summed E-state index contributed by atoms with van der Waals surface area (Å²) in [4.78, 5) is 16.2. The second-order valence-corrected chi connectivity index (χ2v) is 7.47. The van der Waals surface area contributed by atoms with Crippen molar-refractivity contribution in [3.05, 3.63) is 101 Å². The van der Waals surface area contributed by atoms with E-state index in [1.165, 1.54) is 7.11 Å². The minimum absolute atomic E-state index is 0.165. The van der Waals surface area contributed by atoms with Crippen molar-refractivity contribution in [2.45, 2.75) is 26.6 Å². The molecule has 1 heterocycles. The van der Waals surface area contributed by atoms with Crippen LogP contribution in [0.2, 0.25) is 0 Å². The van der Waals surface area contributed by atoms with Gasteiger partial charge in [-0.05, 0) is 42.8 Å². The summed E-state index contributed by atoms with van der Waals surface area (Å²) in [6, 6.07) is 24.9. The Morgan fingerprint density at radius 2 is 1.70 bits per heavy atom. The van der Waals surface area contributed by atoms with Gasteiger partial charge in [0, 0.05) is 11.1 Å². The zero-order valence-corrected chi connectivity index (χ0v) is 18.6. The number of hydrogen-bond donors (Lipinski definition) is 0. The molecule has 0 N–H and O–H groups in total. The number of benzene rings is 3. The van der Waals surface area contributed by atoms with E-state index in [0.29, 0.717) is 30.6 Å². The van der Waals surface area contributed by atoms with Crippen molar-refractivity contribution in [3.63, 3.8) is 0 Å². The number of para-hydroxylation sites is 1. The normalized spacial score (nSPS) is 10.6. The molecule has 168 valence electrons. The monoisotopic (exact) mass is 443 g/mol. The summed E-state index contributed by atoms with van der Waals surface area (Å²) in [5.74, 6) is 2.37. The highest BCUT2D eigenvalue weighted by Crippen LogP contribution is 2.24. The van der Waals surface area contributed by atoms with Crippen LogP contribution in [0.4, 0.5) is 0 Å². The molecule has 6 nitrogen and oxygen atoms in total. The molecule has 0 aliphatic rings. The van der Waals surface area contributed by atoms with E-state index in [1.54, 1.807) is 0 Å². The standard InChI is InChI=1S/C27H25NO5/c1-19-24(28-27(33-19)21-10-4-3-5-11-21)18-31-23-13-8-9-20(15-23)17-32-25-14-7-6-12-22(25)16-26(29)30-2/h3-15H,16-18H2,1-2H3. The lowest BCUT2D eigenvalue weighted by molar-refractivity contribution is -0.139. The van der Waals surface area contributed by atoms with Gasteiger partial charge in [0.2, 0.25) is 5.89 Å². The largest absolute Gasteiger partial charge is 0.489 e. The van der Waals surface area contributed by atoms with Gasteiger partial charge in [0.05, 0.1) is 13.5 Å². The van der Waals surface area contributed by atoms with Gasteiger partial charge >= 0.3 is 5.97 Å². The van der Waals surface area contributed by atoms with E-state index >= 15 is 0 Å². The lowest BCUT2D eigenvalue weighted by atomic mass is 10.1. The molecular formula is C27H25NO5. The van der Waals surface area contributed by atoms with Gasteiger partial charge in [-0.2, -0.15) is 0 Å². The Balaban J connectivity index is 1.39. The second-order valence-electron chi connectivity index (χ2n) is 7.47. The van der Waals surface area contributed by atoms with Crippen LogP contribution in [0.25, 0.3) is 11.5 Å². The fraction of sp³-hybridized carbons (Fsp3) is 0.185. The van der Waals surface area contributed by atoms with E-state index in [-0.39, 0.29) is 12.4 Å². The Morgan fingerprint density at radius 3 is 2.52 bits per heavy atom. The molecule has 0 spiro atoms. The number of aryl methyl sites for hydroxylation is 1. The average Bonchev–Trinajstić information content (AvgIpc) is 3.23. The fourth-order valence-corrected chi connectivity index (χ4v) is 3.32. The summed E-state index contributed by atoms with van der Waals surface area (Å²) in [7, 11) is 1.38. The topological polar surface area (TPSA) is 70.8 Å². The summed E-state index contributed by atoms with van der Waals surface area (Å²) in [5.41, 5.74) is 3.42. The van der Waals surface area contributed by atoms with Crippen molar-refractivity contribution >= 4 is 5.97 Å². The molecule has 0 aliphatic heterocycles. The number of ether oxygens (including phenoxy) is 3. The highest BCUT2D eigenvalue weighted by molar-refractivity contribution is 5.73. The molecule has 0 atom stereocenters. The first-order chi connectivity index (χ1) is 16.1. The van der Waals surface area contributed by atoms with Crippen LogP contribution in [0.3, 0.4) is 0 Å². The van der Waals surface area contributed by atoms with Crippen molar-refractivity contribution in [2.75, 3.05) is 7.11 Å². The van der Waals surface area contributed by atoms with Crippen LogP contribution in [0.15, 0.2) is 83.3 Å². The van der Waals surface area contributed by atoms with E-state index in [9.17, 15) is 4.79 Å². The SMILES string of the molecule is COC(=O)Cc1ccccc1OCc1cccc(OCc2nc(-c3ccccc3)oc2C)c1. The van der Waals surface area contributed by atoms with E-state index < -0.39 is 0 Å². The molecule has 0 saturated heterocycles. The van der Waals surface area contributed by atoms with Gasteiger partial charge in [-0.3, -0.25) is 4.79 Å². The third kappa shape index (κ3) is 5.80. The first-order valence-electron chi connectivity index (χ1n) is 10.6. The molecular weight excluding hydrogens is 418 g/mol.